The first-order chi connectivity index (χ1) is 7.16. The Labute approximate surface area is 92.1 Å². The van der Waals surface area contributed by atoms with Gasteiger partial charge >= 0.3 is 11.5 Å². The van der Waals surface area contributed by atoms with E-state index in [-0.39, 0.29) is 0 Å². The molecule has 0 bridgehead atoms. The van der Waals surface area contributed by atoms with Crippen molar-refractivity contribution in [2.75, 3.05) is 0 Å². The molecule has 0 aromatic carbocycles. The summed E-state index contributed by atoms with van der Waals surface area (Å²) >= 11 is 0. The molecule has 0 saturated heterocycles. The van der Waals surface area contributed by atoms with Gasteiger partial charge in [0.05, 0.1) is 17.1 Å². The number of hydrogen-bond donors (Lipinski definition) is 0. The van der Waals surface area contributed by atoms with E-state index in [0.717, 1.165) is 7.05 Å². The second-order valence-corrected chi connectivity index (χ2v) is 5.03. The van der Waals surface area contributed by atoms with Crippen LogP contribution in [0.25, 0.3) is 0 Å². The van der Waals surface area contributed by atoms with Crippen LogP contribution in [-0.4, -0.2) is 28.0 Å². The fourth-order valence-electron chi connectivity index (χ4n) is 1.04. The first-order valence-corrected chi connectivity index (χ1v) is 5.77. The van der Waals surface area contributed by atoms with E-state index in [9.17, 15) is 28.6 Å². The lowest BCUT2D eigenvalue weighted by Crippen LogP contribution is -2.03. The standard InChI is InChI=1S/C4H3ClN4O6S/c1-7-4(16(5,14)15)2(8(10)11)3(6-7)9(12)13/h1H3. The lowest BCUT2D eigenvalue weighted by atomic mass is 10.5. The maximum absolute atomic E-state index is 11.0. The van der Waals surface area contributed by atoms with Gasteiger partial charge in [-0.1, -0.05) is 0 Å². The first kappa shape index (κ1) is 12.3. The van der Waals surface area contributed by atoms with Gasteiger partial charge in [0.2, 0.25) is 0 Å². The van der Waals surface area contributed by atoms with Crippen LogP contribution in [0.5, 0.6) is 0 Å². The summed E-state index contributed by atoms with van der Waals surface area (Å²) in [6, 6.07) is 0. The van der Waals surface area contributed by atoms with Crippen molar-refractivity contribution in [3.05, 3.63) is 20.2 Å². The number of aryl methyl sites for hydroxylation is 1. The van der Waals surface area contributed by atoms with E-state index < -0.39 is 35.4 Å². The second kappa shape index (κ2) is 3.68. The van der Waals surface area contributed by atoms with Crippen molar-refractivity contribution >= 4 is 31.2 Å². The van der Waals surface area contributed by atoms with Gasteiger partial charge in [-0.2, -0.15) is 4.68 Å². The Morgan fingerprint density at radius 1 is 1.31 bits per heavy atom. The van der Waals surface area contributed by atoms with Crippen molar-refractivity contribution < 1.29 is 18.3 Å². The molecule has 0 aliphatic rings. The molecule has 0 saturated carbocycles. The number of halogens is 1. The largest absolute Gasteiger partial charge is 0.469 e. The summed E-state index contributed by atoms with van der Waals surface area (Å²) in [6.45, 7) is 0. The fourth-order valence-corrected chi connectivity index (χ4v) is 2.31. The summed E-state index contributed by atoms with van der Waals surface area (Å²) in [5.41, 5.74) is -1.25. The number of hydrogen-bond acceptors (Lipinski definition) is 7. The molecular weight excluding hydrogens is 268 g/mol. The first-order valence-electron chi connectivity index (χ1n) is 3.46. The van der Waals surface area contributed by atoms with Gasteiger partial charge in [-0.05, 0) is 4.92 Å². The van der Waals surface area contributed by atoms with Crippen LogP contribution >= 0.6 is 10.7 Å². The van der Waals surface area contributed by atoms with Crippen LogP contribution in [0.1, 0.15) is 0 Å². The topological polar surface area (TPSA) is 138 Å². The van der Waals surface area contributed by atoms with Gasteiger partial charge in [-0.3, -0.25) is 10.1 Å². The fraction of sp³-hybridized carbons (Fsp3) is 0.250. The molecule has 0 unspecified atom stereocenters. The van der Waals surface area contributed by atoms with Gasteiger partial charge < -0.3 is 10.1 Å². The lowest BCUT2D eigenvalue weighted by molar-refractivity contribution is -0.426. The molecule has 16 heavy (non-hydrogen) atoms. The summed E-state index contributed by atoms with van der Waals surface area (Å²) in [7, 11) is 1.42. The van der Waals surface area contributed by atoms with Crippen LogP contribution in [0.4, 0.5) is 11.5 Å². The highest BCUT2D eigenvalue weighted by Crippen LogP contribution is 2.34. The Balaban J connectivity index is 3.75. The predicted molar refractivity (Wildman–Crippen MR) is 49.6 cm³/mol. The normalized spacial score (nSPS) is 11.4. The zero-order valence-corrected chi connectivity index (χ0v) is 9.10. The van der Waals surface area contributed by atoms with E-state index in [4.69, 9.17) is 10.7 Å². The highest BCUT2D eigenvalue weighted by molar-refractivity contribution is 8.13. The predicted octanol–water partition coefficient (Wildman–Crippen LogP) is 0.164. The molecule has 1 aromatic rings. The second-order valence-electron chi connectivity index (χ2n) is 2.55. The molecule has 0 aliphatic carbocycles. The van der Waals surface area contributed by atoms with Gasteiger partial charge in [-0.25, -0.2) is 8.42 Å². The highest BCUT2D eigenvalue weighted by Gasteiger charge is 2.42. The van der Waals surface area contributed by atoms with Crippen molar-refractivity contribution in [1.29, 1.82) is 0 Å². The van der Waals surface area contributed by atoms with Gasteiger partial charge in [-0.15, -0.1) is 0 Å². The van der Waals surface area contributed by atoms with E-state index in [1.54, 1.807) is 0 Å². The number of aromatic nitrogens is 2. The van der Waals surface area contributed by atoms with Crippen molar-refractivity contribution in [3.63, 3.8) is 0 Å². The number of nitrogens with zero attached hydrogens (tertiary/aromatic N) is 4. The number of nitro groups is 2. The molecule has 0 N–H and O–H groups in total. The molecule has 12 heteroatoms. The summed E-state index contributed by atoms with van der Waals surface area (Å²) in [4.78, 5) is 18.6. The van der Waals surface area contributed by atoms with Crippen LogP contribution < -0.4 is 0 Å². The third-order valence-electron chi connectivity index (χ3n) is 1.54. The zero-order chi connectivity index (χ0) is 12.7. The van der Waals surface area contributed by atoms with E-state index in [0.29, 0.717) is 4.68 Å². The third-order valence-corrected chi connectivity index (χ3v) is 2.90. The van der Waals surface area contributed by atoms with Gasteiger partial charge in [0, 0.05) is 10.7 Å². The van der Waals surface area contributed by atoms with Crippen LogP contribution in [0, 0.1) is 20.2 Å². The molecule has 1 aromatic heterocycles. The Morgan fingerprint density at radius 2 is 1.81 bits per heavy atom. The van der Waals surface area contributed by atoms with Crippen molar-refractivity contribution in [2.45, 2.75) is 5.03 Å². The van der Waals surface area contributed by atoms with Crippen molar-refractivity contribution in [1.82, 2.24) is 9.78 Å². The molecule has 0 fully saturated rings. The Hall–Kier alpha value is -1.75. The molecule has 88 valence electrons. The van der Waals surface area contributed by atoms with Crippen LogP contribution in [0.15, 0.2) is 5.03 Å². The van der Waals surface area contributed by atoms with E-state index in [1.807, 2.05) is 0 Å². The summed E-state index contributed by atoms with van der Waals surface area (Å²) in [5, 5.41) is 23.0. The monoisotopic (exact) mass is 270 g/mol. The van der Waals surface area contributed by atoms with E-state index in [2.05, 4.69) is 5.10 Å². The average Bonchev–Trinajstić information content (AvgIpc) is 2.41. The van der Waals surface area contributed by atoms with Crippen LogP contribution in [0.3, 0.4) is 0 Å². The third kappa shape index (κ3) is 1.94. The van der Waals surface area contributed by atoms with Crippen molar-refractivity contribution in [3.8, 4) is 0 Å². The maximum atomic E-state index is 11.0. The Morgan fingerprint density at radius 3 is 2.12 bits per heavy atom. The molecule has 1 rings (SSSR count). The lowest BCUT2D eigenvalue weighted by Gasteiger charge is -1.91. The molecule has 0 radical (unpaired) electrons. The minimum Gasteiger partial charge on any atom is -0.358 e. The highest BCUT2D eigenvalue weighted by atomic mass is 35.7. The summed E-state index contributed by atoms with van der Waals surface area (Å²) in [6.07, 6.45) is 0. The number of rotatable bonds is 3. The average molecular weight is 271 g/mol. The quantitative estimate of drug-likeness (QED) is 0.433. The van der Waals surface area contributed by atoms with Crippen LogP contribution in [0.2, 0.25) is 0 Å². The molecular formula is C4H3ClN4O6S. The van der Waals surface area contributed by atoms with Crippen LogP contribution in [-0.2, 0) is 16.1 Å². The SMILES string of the molecule is Cn1nc([N+](=O)[O-])c([N+](=O)[O-])c1S(=O)(=O)Cl. The van der Waals surface area contributed by atoms with Gasteiger partial charge in [0.15, 0.2) is 0 Å². The summed E-state index contributed by atoms with van der Waals surface area (Å²) in [5.74, 6) is -1.17. The van der Waals surface area contributed by atoms with E-state index in [1.165, 1.54) is 0 Å². The van der Waals surface area contributed by atoms with Gasteiger partial charge in [0.25, 0.3) is 14.1 Å². The van der Waals surface area contributed by atoms with E-state index >= 15 is 0 Å². The minimum atomic E-state index is -4.50. The van der Waals surface area contributed by atoms with Gasteiger partial charge in [0.1, 0.15) is 0 Å². The molecule has 10 nitrogen and oxygen atoms in total. The maximum Gasteiger partial charge on any atom is 0.469 e. The Bertz CT molecular complexity index is 576. The minimum absolute atomic E-state index is 0.471. The summed E-state index contributed by atoms with van der Waals surface area (Å²) < 4.78 is 22.5. The molecule has 1 heterocycles. The smallest absolute Gasteiger partial charge is 0.358 e. The molecule has 0 spiro atoms. The molecule has 0 amide bonds. The molecule has 0 atom stereocenters. The Kier molecular flexibility index (Phi) is 2.83. The van der Waals surface area contributed by atoms with Crippen molar-refractivity contribution in [2.24, 2.45) is 7.05 Å². The molecule has 0 aliphatic heterocycles. The zero-order valence-electron chi connectivity index (χ0n) is 7.52.